The van der Waals surface area contributed by atoms with E-state index in [-0.39, 0.29) is 60.2 Å². The summed E-state index contributed by atoms with van der Waals surface area (Å²) < 4.78 is 37.6. The Hall–Kier alpha value is -1.25. The smallest absolute Gasteiger partial charge is 0.390 e. The van der Waals surface area contributed by atoms with Gasteiger partial charge in [-0.3, -0.25) is 27.7 Å². The van der Waals surface area contributed by atoms with Crippen molar-refractivity contribution in [3.8, 4) is 0 Å². The molecule has 15 heteroatoms. The standard InChI is InChI=1S/C25H42N3O9PS2/c1-8-25(17(29)15-19(37-25)28-10-9-18(26)27-22(28)32)16-36-38(33,34-11-13-39-20(30)23(2,3)4)35-12-14-40-21(31)24(5,6)7/h9-10,17,19,29H,8,11-16H2,1-7H3,(H2,26,27,32)/t17-,19+,25+/m0/s1. The molecular formula is C25H42N3O9PS2. The summed E-state index contributed by atoms with van der Waals surface area (Å²) in [6, 6.07) is 1.44. The molecule has 1 saturated heterocycles. The van der Waals surface area contributed by atoms with Crippen molar-refractivity contribution in [1.82, 2.24) is 9.55 Å². The summed E-state index contributed by atoms with van der Waals surface area (Å²) in [6.07, 6.45) is -0.168. The van der Waals surface area contributed by atoms with E-state index in [0.29, 0.717) is 0 Å². The first-order chi connectivity index (χ1) is 18.4. The molecule has 1 aromatic heterocycles. The molecule has 40 heavy (non-hydrogen) atoms. The number of carbonyl (C=O) groups is 2. The number of nitrogens with two attached hydrogens (primary N) is 1. The summed E-state index contributed by atoms with van der Waals surface area (Å²) in [6.45, 7) is 12.0. The van der Waals surface area contributed by atoms with Crippen molar-refractivity contribution in [3.05, 3.63) is 22.7 Å². The Labute approximate surface area is 244 Å². The molecule has 3 atom stereocenters. The summed E-state index contributed by atoms with van der Waals surface area (Å²) >= 11 is 2.10. The second-order valence-corrected chi connectivity index (χ2v) is 15.2. The van der Waals surface area contributed by atoms with Crippen LogP contribution in [0.25, 0.3) is 0 Å². The van der Waals surface area contributed by atoms with Crippen molar-refractivity contribution in [2.24, 2.45) is 10.8 Å². The first-order valence-corrected chi connectivity index (χ1v) is 16.4. The number of hydrogen-bond donors (Lipinski definition) is 2. The van der Waals surface area contributed by atoms with Crippen molar-refractivity contribution in [1.29, 1.82) is 0 Å². The molecule has 1 aliphatic rings. The number of aromatic nitrogens is 2. The molecule has 0 saturated carbocycles. The van der Waals surface area contributed by atoms with Crippen LogP contribution < -0.4 is 11.4 Å². The van der Waals surface area contributed by atoms with Crippen LogP contribution in [0, 0.1) is 10.8 Å². The monoisotopic (exact) mass is 623 g/mol. The molecule has 0 aliphatic carbocycles. The molecule has 0 bridgehead atoms. The van der Waals surface area contributed by atoms with E-state index in [1.807, 2.05) is 0 Å². The van der Waals surface area contributed by atoms with Crippen molar-refractivity contribution in [3.63, 3.8) is 0 Å². The molecule has 228 valence electrons. The number of aliphatic hydroxyl groups is 1. The summed E-state index contributed by atoms with van der Waals surface area (Å²) in [5.74, 6) is 0.499. The van der Waals surface area contributed by atoms with Crippen molar-refractivity contribution in [2.75, 3.05) is 37.1 Å². The molecule has 1 fully saturated rings. The summed E-state index contributed by atoms with van der Waals surface area (Å²) in [4.78, 5) is 40.4. The van der Waals surface area contributed by atoms with Crippen LogP contribution in [0.4, 0.5) is 5.82 Å². The van der Waals surface area contributed by atoms with Gasteiger partial charge in [-0.25, -0.2) is 9.36 Å². The number of hydrogen-bond acceptors (Lipinski definition) is 13. The van der Waals surface area contributed by atoms with Gasteiger partial charge in [-0.2, -0.15) is 4.98 Å². The molecule has 0 spiro atoms. The Bertz CT molecular complexity index is 1100. The largest absolute Gasteiger partial charge is 0.474 e. The van der Waals surface area contributed by atoms with Gasteiger partial charge < -0.3 is 15.6 Å². The number of nitrogens with zero attached hydrogens (tertiary/aromatic N) is 2. The molecule has 1 aliphatic heterocycles. The molecule has 0 radical (unpaired) electrons. The first kappa shape index (κ1) is 34.9. The average Bonchev–Trinajstić information content (AvgIpc) is 3.18. The lowest BCUT2D eigenvalue weighted by molar-refractivity contribution is -0.129. The highest BCUT2D eigenvalue weighted by atomic mass is 32.2. The number of aliphatic hydroxyl groups excluding tert-OH is 1. The summed E-state index contributed by atoms with van der Waals surface area (Å²) in [5, 5.41) is 10.8. The van der Waals surface area contributed by atoms with Gasteiger partial charge in [-0.1, -0.05) is 72.0 Å². The van der Waals surface area contributed by atoms with Crippen LogP contribution in [0.3, 0.4) is 0 Å². The van der Waals surface area contributed by atoms with Gasteiger partial charge >= 0.3 is 13.5 Å². The summed E-state index contributed by atoms with van der Waals surface area (Å²) in [7, 11) is -4.20. The normalized spacial score (nSPS) is 22.0. The van der Waals surface area contributed by atoms with Crippen LogP contribution in [0.15, 0.2) is 17.1 Å². The number of carbonyl (C=O) groups excluding carboxylic acids is 2. The lowest BCUT2D eigenvalue weighted by Gasteiger charge is -2.32. The molecule has 0 unspecified atom stereocenters. The van der Waals surface area contributed by atoms with E-state index in [9.17, 15) is 24.1 Å². The predicted octanol–water partition coefficient (Wildman–Crippen LogP) is 4.02. The average molecular weight is 624 g/mol. The van der Waals surface area contributed by atoms with Crippen LogP contribution in [0.1, 0.15) is 67.5 Å². The van der Waals surface area contributed by atoms with Gasteiger partial charge in [0.05, 0.1) is 25.9 Å². The topological polar surface area (TPSA) is 169 Å². The van der Waals surface area contributed by atoms with Crippen LogP contribution in [-0.4, -0.2) is 67.9 Å². The second kappa shape index (κ2) is 14.3. The fourth-order valence-electron chi connectivity index (χ4n) is 3.47. The maximum Gasteiger partial charge on any atom is 0.474 e. The Morgan fingerprint density at radius 1 is 1.12 bits per heavy atom. The zero-order valence-corrected chi connectivity index (χ0v) is 26.7. The highest BCUT2D eigenvalue weighted by molar-refractivity contribution is 8.14. The van der Waals surface area contributed by atoms with Gasteiger partial charge in [0.2, 0.25) is 0 Å². The van der Waals surface area contributed by atoms with E-state index in [1.54, 1.807) is 48.5 Å². The van der Waals surface area contributed by atoms with E-state index >= 15 is 0 Å². The minimum Gasteiger partial charge on any atom is -0.390 e. The maximum absolute atomic E-state index is 13.6. The Morgan fingerprint density at radius 2 is 1.65 bits per heavy atom. The van der Waals surface area contributed by atoms with Crippen LogP contribution in [0.5, 0.6) is 0 Å². The van der Waals surface area contributed by atoms with Gasteiger partial charge in [0.1, 0.15) is 17.6 Å². The zero-order chi connectivity index (χ0) is 30.4. The molecule has 0 aromatic carbocycles. The minimum absolute atomic E-state index is 0.0456. The van der Waals surface area contributed by atoms with Crippen LogP contribution >= 0.6 is 31.3 Å². The first-order valence-electron chi connectivity index (χ1n) is 13.0. The molecule has 12 nitrogen and oxygen atoms in total. The highest BCUT2D eigenvalue weighted by Gasteiger charge is 2.49. The van der Waals surface area contributed by atoms with E-state index in [0.717, 1.165) is 23.5 Å². The SMILES string of the molecule is CC[C@]1(COP(=O)(OCCSC(=O)C(C)(C)C)OCCSC(=O)C(C)(C)C)O[C@@H](n2ccc(N)nc2=O)C[C@@H]1O. The van der Waals surface area contributed by atoms with E-state index in [2.05, 4.69) is 4.98 Å². The number of anilines is 1. The van der Waals surface area contributed by atoms with Gasteiger partial charge in [-0.05, 0) is 12.5 Å². The molecule has 2 heterocycles. The molecular weight excluding hydrogens is 581 g/mol. The third-order valence-corrected chi connectivity index (χ3v) is 9.92. The van der Waals surface area contributed by atoms with E-state index < -0.39 is 42.3 Å². The Balaban J connectivity index is 2.10. The molecule has 3 N–H and O–H groups in total. The Morgan fingerprint density at radius 3 is 2.10 bits per heavy atom. The number of thioether (sulfide) groups is 2. The maximum atomic E-state index is 13.6. The van der Waals surface area contributed by atoms with Crippen molar-refractivity contribution >= 4 is 47.4 Å². The van der Waals surface area contributed by atoms with Crippen molar-refractivity contribution < 1.29 is 37.6 Å². The van der Waals surface area contributed by atoms with Gasteiger partial charge in [0, 0.05) is 35.0 Å². The number of ether oxygens (including phenoxy) is 1. The van der Waals surface area contributed by atoms with E-state index in [1.165, 1.54) is 16.8 Å². The van der Waals surface area contributed by atoms with Gasteiger partial charge in [0.25, 0.3) is 0 Å². The lowest BCUT2D eigenvalue weighted by atomic mass is 9.95. The number of phosphoric ester groups is 1. The summed E-state index contributed by atoms with van der Waals surface area (Å²) in [5.41, 5.74) is 2.54. The lowest BCUT2D eigenvalue weighted by Crippen LogP contribution is -2.43. The molecule has 0 amide bonds. The Kier molecular flexibility index (Phi) is 12.5. The third kappa shape index (κ3) is 9.94. The van der Waals surface area contributed by atoms with Crippen LogP contribution in [0.2, 0.25) is 0 Å². The van der Waals surface area contributed by atoms with E-state index in [4.69, 9.17) is 24.0 Å². The number of nitrogen functional groups attached to an aromatic ring is 1. The molecule has 2 rings (SSSR count). The quantitative estimate of drug-likeness (QED) is 0.239. The number of rotatable bonds is 13. The van der Waals surface area contributed by atoms with Crippen molar-refractivity contribution in [2.45, 2.75) is 79.2 Å². The number of phosphoric acid groups is 1. The minimum atomic E-state index is -4.20. The van der Waals surface area contributed by atoms with Gasteiger partial charge in [0.15, 0.2) is 10.2 Å². The van der Waals surface area contributed by atoms with Gasteiger partial charge in [-0.15, -0.1) is 0 Å². The second-order valence-electron chi connectivity index (χ2n) is 11.4. The predicted molar refractivity (Wildman–Crippen MR) is 156 cm³/mol. The zero-order valence-electron chi connectivity index (χ0n) is 24.2. The third-order valence-electron chi connectivity index (χ3n) is 5.99. The van der Waals surface area contributed by atoms with Crippen LogP contribution in [-0.2, 0) is 32.5 Å². The fourth-order valence-corrected chi connectivity index (χ4v) is 6.52. The highest BCUT2D eigenvalue weighted by Crippen LogP contribution is 2.52. The fraction of sp³-hybridized carbons (Fsp3) is 0.760. The molecule has 1 aromatic rings.